The fraction of sp³-hybridized carbons (Fsp3) is 0.333. The van der Waals surface area contributed by atoms with E-state index in [2.05, 4.69) is 0 Å². The Morgan fingerprint density at radius 1 is 1.23 bits per heavy atom. The smallest absolute Gasteiger partial charge is 0.350 e. The Labute approximate surface area is 178 Å². The number of carbonyl (C=O) groups is 2. The summed E-state index contributed by atoms with van der Waals surface area (Å²) in [7, 11) is -3.03. The molecule has 0 unspecified atom stereocenters. The molecule has 1 fully saturated rings. The molecule has 3 aromatic rings. The molecule has 158 valence electrons. The molecule has 0 aromatic carbocycles. The van der Waals surface area contributed by atoms with Crippen molar-refractivity contribution in [2.75, 3.05) is 18.1 Å². The van der Waals surface area contributed by atoms with Crippen molar-refractivity contribution in [1.82, 2.24) is 9.13 Å². The lowest BCUT2D eigenvalue weighted by Crippen LogP contribution is -2.17. The first-order valence-electron chi connectivity index (χ1n) is 9.57. The average Bonchev–Trinajstić information content (AvgIpc) is 3.46. The van der Waals surface area contributed by atoms with E-state index in [1.807, 2.05) is 46.7 Å². The molecule has 9 heteroatoms. The van der Waals surface area contributed by atoms with Crippen molar-refractivity contribution in [3.8, 4) is 5.69 Å². The third-order valence-electron chi connectivity index (χ3n) is 5.41. The second-order valence-corrected chi connectivity index (χ2v) is 10.6. The molecular formula is C21H22N2O5S2. The number of thiophene rings is 1. The van der Waals surface area contributed by atoms with E-state index in [9.17, 15) is 18.0 Å². The summed E-state index contributed by atoms with van der Waals surface area (Å²) >= 11 is 1.26. The van der Waals surface area contributed by atoms with E-state index in [-0.39, 0.29) is 29.9 Å². The molecule has 0 N–H and O–H groups in total. The van der Waals surface area contributed by atoms with Crippen LogP contribution in [-0.2, 0) is 14.6 Å². The fourth-order valence-corrected chi connectivity index (χ4v) is 6.51. The van der Waals surface area contributed by atoms with Crippen LogP contribution in [0.3, 0.4) is 0 Å². The lowest BCUT2D eigenvalue weighted by molar-refractivity contribution is 0.0479. The zero-order valence-corrected chi connectivity index (χ0v) is 18.3. The van der Waals surface area contributed by atoms with Crippen molar-refractivity contribution in [1.29, 1.82) is 0 Å². The normalized spacial score (nSPS) is 17.9. The molecule has 0 spiro atoms. The molecule has 1 aliphatic heterocycles. The topological polar surface area (TPSA) is 87.4 Å². The van der Waals surface area contributed by atoms with Gasteiger partial charge in [0, 0.05) is 35.4 Å². The number of ether oxygens (including phenoxy) is 1. The Bertz CT molecular complexity index is 1200. The van der Waals surface area contributed by atoms with Crippen molar-refractivity contribution < 1.29 is 22.7 Å². The average molecular weight is 447 g/mol. The number of hydrogen-bond acceptors (Lipinski definition) is 6. The first kappa shape index (κ1) is 20.6. The molecular weight excluding hydrogens is 424 g/mol. The van der Waals surface area contributed by atoms with E-state index in [4.69, 9.17) is 4.74 Å². The van der Waals surface area contributed by atoms with Gasteiger partial charge < -0.3 is 13.9 Å². The third-order valence-corrected chi connectivity index (χ3v) is 8.04. The number of nitrogens with zero attached hydrogens (tertiary/aromatic N) is 2. The zero-order chi connectivity index (χ0) is 21.5. The van der Waals surface area contributed by atoms with Crippen molar-refractivity contribution in [3.63, 3.8) is 0 Å². The summed E-state index contributed by atoms with van der Waals surface area (Å²) in [6.45, 7) is 3.29. The summed E-state index contributed by atoms with van der Waals surface area (Å²) in [6, 6.07) is 7.14. The van der Waals surface area contributed by atoms with Crippen molar-refractivity contribution >= 4 is 32.9 Å². The largest absolute Gasteiger partial charge is 0.453 e. The Kier molecular flexibility index (Phi) is 5.42. The quantitative estimate of drug-likeness (QED) is 0.428. The summed E-state index contributed by atoms with van der Waals surface area (Å²) in [5, 5.41) is 1.80. The van der Waals surface area contributed by atoms with Crippen LogP contribution in [0.25, 0.3) is 5.69 Å². The minimum Gasteiger partial charge on any atom is -0.453 e. The molecule has 1 aliphatic rings. The van der Waals surface area contributed by atoms with E-state index in [0.717, 1.165) is 5.69 Å². The number of carbonyl (C=O) groups excluding carboxylic acids is 2. The van der Waals surface area contributed by atoms with Gasteiger partial charge in [0.25, 0.3) is 0 Å². The van der Waals surface area contributed by atoms with Gasteiger partial charge in [-0.25, -0.2) is 13.2 Å². The standard InChI is InChI=1S/C21H22N2O5S2/c1-14-11-17(15(2)23(14)16-6-10-30(26,27)13-16)19(24)12-28-21(25)20-18(5-9-29-20)22-7-3-4-8-22/h3-5,7-9,11,16H,6,10,12-13H2,1-2H3/t16-/m0/s1. The van der Waals surface area contributed by atoms with Gasteiger partial charge in [-0.3, -0.25) is 4.79 Å². The van der Waals surface area contributed by atoms with Crippen molar-refractivity contribution in [3.05, 3.63) is 63.9 Å². The molecule has 0 saturated carbocycles. The Balaban J connectivity index is 1.47. The Hall–Kier alpha value is -2.65. The number of sulfone groups is 1. The molecule has 4 rings (SSSR count). The Morgan fingerprint density at radius 2 is 1.97 bits per heavy atom. The number of hydrogen-bond donors (Lipinski definition) is 0. The van der Waals surface area contributed by atoms with Crippen LogP contribution in [0.1, 0.15) is 43.9 Å². The van der Waals surface area contributed by atoms with Gasteiger partial charge >= 0.3 is 5.97 Å². The molecule has 0 amide bonds. The van der Waals surface area contributed by atoms with Crippen LogP contribution in [0.4, 0.5) is 0 Å². The monoisotopic (exact) mass is 446 g/mol. The molecule has 30 heavy (non-hydrogen) atoms. The van der Waals surface area contributed by atoms with Gasteiger partial charge in [0.05, 0.1) is 17.2 Å². The minimum atomic E-state index is -3.03. The molecule has 4 heterocycles. The van der Waals surface area contributed by atoms with Crippen LogP contribution < -0.4 is 0 Å². The van der Waals surface area contributed by atoms with Crippen LogP contribution in [-0.4, -0.2) is 47.4 Å². The lowest BCUT2D eigenvalue weighted by Gasteiger charge is -2.16. The minimum absolute atomic E-state index is 0.0898. The van der Waals surface area contributed by atoms with E-state index < -0.39 is 15.8 Å². The number of Topliss-reactive ketones (excluding diaryl/α,β-unsaturated/α-hetero) is 1. The van der Waals surface area contributed by atoms with Gasteiger partial charge in [0.2, 0.25) is 5.78 Å². The number of aromatic nitrogens is 2. The third kappa shape index (κ3) is 3.87. The maximum atomic E-state index is 12.8. The number of esters is 1. The second-order valence-electron chi connectivity index (χ2n) is 7.44. The highest BCUT2D eigenvalue weighted by atomic mass is 32.2. The summed E-state index contributed by atoms with van der Waals surface area (Å²) in [4.78, 5) is 25.7. The van der Waals surface area contributed by atoms with E-state index in [0.29, 0.717) is 28.2 Å². The SMILES string of the molecule is Cc1cc(C(=O)COC(=O)c2sccc2-n2cccc2)c(C)n1[C@H]1CCS(=O)(=O)C1. The van der Waals surface area contributed by atoms with Crippen LogP contribution in [0, 0.1) is 13.8 Å². The predicted octanol–water partition coefficient (Wildman–Crippen LogP) is 3.36. The van der Waals surface area contributed by atoms with Gasteiger partial charge in [0.15, 0.2) is 16.4 Å². The van der Waals surface area contributed by atoms with Crippen LogP contribution >= 0.6 is 11.3 Å². The van der Waals surface area contributed by atoms with E-state index in [1.54, 1.807) is 18.4 Å². The number of aryl methyl sites for hydroxylation is 1. The lowest BCUT2D eigenvalue weighted by atomic mass is 10.1. The highest BCUT2D eigenvalue weighted by Gasteiger charge is 2.31. The van der Waals surface area contributed by atoms with Crippen molar-refractivity contribution in [2.24, 2.45) is 0 Å². The highest BCUT2D eigenvalue weighted by Crippen LogP contribution is 2.29. The van der Waals surface area contributed by atoms with E-state index in [1.165, 1.54) is 11.3 Å². The maximum absolute atomic E-state index is 12.8. The first-order chi connectivity index (χ1) is 14.3. The molecule has 3 aromatic heterocycles. The molecule has 1 atom stereocenters. The van der Waals surface area contributed by atoms with Gasteiger partial charge in [0.1, 0.15) is 4.88 Å². The predicted molar refractivity (Wildman–Crippen MR) is 114 cm³/mol. The fourth-order valence-electron chi connectivity index (χ4n) is 4.03. The van der Waals surface area contributed by atoms with Gasteiger partial charge in [-0.05, 0) is 49.9 Å². The van der Waals surface area contributed by atoms with Crippen molar-refractivity contribution in [2.45, 2.75) is 26.3 Å². The Morgan fingerprint density at radius 3 is 2.63 bits per heavy atom. The van der Waals surface area contributed by atoms with Gasteiger partial charge in [-0.2, -0.15) is 0 Å². The molecule has 0 aliphatic carbocycles. The summed E-state index contributed by atoms with van der Waals surface area (Å²) in [5.74, 6) is -0.590. The molecule has 0 radical (unpaired) electrons. The molecule has 0 bridgehead atoms. The second kappa shape index (κ2) is 7.88. The summed E-state index contributed by atoms with van der Waals surface area (Å²) in [6.07, 6.45) is 4.21. The maximum Gasteiger partial charge on any atom is 0.350 e. The molecule has 1 saturated heterocycles. The van der Waals surface area contributed by atoms with Gasteiger partial charge in [-0.15, -0.1) is 11.3 Å². The number of ketones is 1. The molecule has 7 nitrogen and oxygen atoms in total. The van der Waals surface area contributed by atoms with Crippen LogP contribution in [0.2, 0.25) is 0 Å². The summed E-state index contributed by atoms with van der Waals surface area (Å²) in [5.41, 5.74) is 2.71. The summed E-state index contributed by atoms with van der Waals surface area (Å²) < 4.78 is 32.7. The number of rotatable bonds is 6. The zero-order valence-electron chi connectivity index (χ0n) is 16.7. The van der Waals surface area contributed by atoms with Gasteiger partial charge in [-0.1, -0.05) is 0 Å². The van der Waals surface area contributed by atoms with E-state index >= 15 is 0 Å². The highest BCUT2D eigenvalue weighted by molar-refractivity contribution is 7.91. The first-order valence-corrected chi connectivity index (χ1v) is 12.3. The van der Waals surface area contributed by atoms with Crippen LogP contribution in [0.15, 0.2) is 42.0 Å². The van der Waals surface area contributed by atoms with Crippen LogP contribution in [0.5, 0.6) is 0 Å².